The fraction of sp³-hybridized carbons (Fsp3) is 0.389. The molecular weight excluding hydrogens is 370 g/mol. The molecule has 2 aromatic rings. The second-order valence-electron chi connectivity index (χ2n) is 6.44. The van der Waals surface area contributed by atoms with Crippen LogP contribution in [0, 0.1) is 0 Å². The Morgan fingerprint density at radius 2 is 1.74 bits per heavy atom. The minimum Gasteiger partial charge on any atom is -0.490 e. The lowest BCUT2D eigenvalue weighted by Crippen LogP contribution is -2.50. The molecule has 27 heavy (non-hydrogen) atoms. The number of sulfonamides is 1. The first-order chi connectivity index (χ1) is 13.1. The van der Waals surface area contributed by atoms with Gasteiger partial charge in [0.25, 0.3) is 5.91 Å². The summed E-state index contributed by atoms with van der Waals surface area (Å²) >= 11 is 0. The molecule has 1 fully saturated rings. The summed E-state index contributed by atoms with van der Waals surface area (Å²) in [7, 11) is -3.66. The van der Waals surface area contributed by atoms with Gasteiger partial charge >= 0.3 is 0 Å². The van der Waals surface area contributed by atoms with Gasteiger partial charge in [0.2, 0.25) is 10.0 Å². The van der Waals surface area contributed by atoms with Crippen LogP contribution in [0.5, 0.6) is 11.5 Å². The van der Waals surface area contributed by atoms with Gasteiger partial charge in [0.05, 0.1) is 18.1 Å². The van der Waals surface area contributed by atoms with E-state index in [1.54, 1.807) is 35.4 Å². The Kier molecular flexibility index (Phi) is 4.79. The molecule has 0 bridgehead atoms. The smallest absolute Gasteiger partial charge is 0.270 e. The zero-order valence-electron chi connectivity index (χ0n) is 14.8. The van der Waals surface area contributed by atoms with Gasteiger partial charge in [-0.2, -0.15) is 4.31 Å². The van der Waals surface area contributed by atoms with Crippen LogP contribution in [0.2, 0.25) is 0 Å². The zero-order valence-corrected chi connectivity index (χ0v) is 15.6. The fourth-order valence-electron chi connectivity index (χ4n) is 3.22. The van der Waals surface area contributed by atoms with Gasteiger partial charge < -0.3 is 19.4 Å². The predicted molar refractivity (Wildman–Crippen MR) is 97.5 cm³/mol. The number of piperazine rings is 1. The summed E-state index contributed by atoms with van der Waals surface area (Å²) in [6, 6.07) is 8.17. The van der Waals surface area contributed by atoms with E-state index >= 15 is 0 Å². The Morgan fingerprint density at radius 3 is 2.44 bits per heavy atom. The molecule has 144 valence electrons. The average molecular weight is 391 g/mol. The number of rotatable bonds is 3. The maximum atomic E-state index is 13.0. The molecule has 1 N–H and O–H groups in total. The van der Waals surface area contributed by atoms with Crippen molar-refractivity contribution in [2.45, 2.75) is 11.3 Å². The summed E-state index contributed by atoms with van der Waals surface area (Å²) in [5.41, 5.74) is 0.509. The van der Waals surface area contributed by atoms with Gasteiger partial charge in [-0.3, -0.25) is 4.79 Å². The van der Waals surface area contributed by atoms with Crippen molar-refractivity contribution in [1.29, 1.82) is 0 Å². The van der Waals surface area contributed by atoms with Crippen LogP contribution in [0.25, 0.3) is 0 Å². The number of nitrogens with zero attached hydrogens (tertiary/aromatic N) is 2. The number of ether oxygens (including phenoxy) is 2. The number of fused-ring (bicyclic) bond motifs is 1. The third kappa shape index (κ3) is 3.52. The number of hydrogen-bond donors (Lipinski definition) is 1. The Morgan fingerprint density at radius 1 is 1.00 bits per heavy atom. The average Bonchev–Trinajstić information content (AvgIpc) is 3.12. The Balaban J connectivity index is 1.47. The molecule has 0 unspecified atom stereocenters. The molecule has 0 spiro atoms. The molecule has 4 rings (SSSR count). The van der Waals surface area contributed by atoms with Crippen LogP contribution in [0.15, 0.2) is 41.4 Å². The lowest BCUT2D eigenvalue weighted by atomic mass is 10.3. The summed E-state index contributed by atoms with van der Waals surface area (Å²) < 4.78 is 38.5. The Bertz CT molecular complexity index is 918. The quantitative estimate of drug-likeness (QED) is 0.852. The maximum Gasteiger partial charge on any atom is 0.270 e. The number of aromatic nitrogens is 1. The summed E-state index contributed by atoms with van der Waals surface area (Å²) in [6.45, 7) is 2.25. The van der Waals surface area contributed by atoms with Crippen molar-refractivity contribution in [3.05, 3.63) is 42.2 Å². The topological polar surface area (TPSA) is 91.9 Å². The summed E-state index contributed by atoms with van der Waals surface area (Å²) in [4.78, 5) is 17.1. The van der Waals surface area contributed by atoms with Gasteiger partial charge in [-0.25, -0.2) is 8.42 Å². The zero-order chi connectivity index (χ0) is 18.9. The molecule has 0 saturated carbocycles. The van der Waals surface area contributed by atoms with Gasteiger partial charge in [-0.05, 0) is 24.3 Å². The van der Waals surface area contributed by atoms with Crippen LogP contribution >= 0.6 is 0 Å². The third-order valence-corrected chi connectivity index (χ3v) is 6.61. The number of carbonyl (C=O) groups is 1. The number of benzene rings is 1. The molecular formula is C18H21N3O5S. The summed E-state index contributed by atoms with van der Waals surface area (Å²) in [6.07, 6.45) is 2.45. The van der Waals surface area contributed by atoms with E-state index in [9.17, 15) is 13.2 Å². The molecule has 1 amide bonds. The molecule has 1 aromatic carbocycles. The molecule has 1 aromatic heterocycles. The molecule has 9 heteroatoms. The predicted octanol–water partition coefficient (Wildman–Crippen LogP) is 1.32. The minimum atomic E-state index is -3.66. The van der Waals surface area contributed by atoms with E-state index in [2.05, 4.69) is 4.98 Å². The van der Waals surface area contributed by atoms with E-state index in [1.165, 1.54) is 10.4 Å². The van der Waals surface area contributed by atoms with Crippen LogP contribution in [0.4, 0.5) is 0 Å². The van der Waals surface area contributed by atoms with Gasteiger partial charge in [0.1, 0.15) is 5.69 Å². The van der Waals surface area contributed by atoms with E-state index in [-0.39, 0.29) is 23.9 Å². The molecule has 8 nitrogen and oxygen atoms in total. The molecule has 3 heterocycles. The van der Waals surface area contributed by atoms with Crippen LogP contribution < -0.4 is 9.47 Å². The van der Waals surface area contributed by atoms with Crippen molar-refractivity contribution in [3.63, 3.8) is 0 Å². The highest BCUT2D eigenvalue weighted by atomic mass is 32.2. The molecule has 2 aliphatic heterocycles. The van der Waals surface area contributed by atoms with Gasteiger partial charge in [-0.15, -0.1) is 0 Å². The normalized spacial score (nSPS) is 18.1. The van der Waals surface area contributed by atoms with Crippen LogP contribution in [0.3, 0.4) is 0 Å². The van der Waals surface area contributed by atoms with Crippen molar-refractivity contribution < 1.29 is 22.7 Å². The van der Waals surface area contributed by atoms with E-state index in [1.807, 2.05) is 0 Å². The number of aromatic amines is 1. The number of nitrogens with one attached hydrogen (secondary N) is 1. The van der Waals surface area contributed by atoms with Gasteiger partial charge in [-0.1, -0.05) is 0 Å². The summed E-state index contributed by atoms with van der Waals surface area (Å²) in [5.74, 6) is 0.898. The van der Waals surface area contributed by atoms with Crippen molar-refractivity contribution in [3.8, 4) is 11.5 Å². The molecule has 0 radical (unpaired) electrons. The first kappa shape index (κ1) is 17.9. The van der Waals surface area contributed by atoms with Crippen molar-refractivity contribution in [2.75, 3.05) is 39.4 Å². The largest absolute Gasteiger partial charge is 0.490 e. The maximum absolute atomic E-state index is 13.0. The van der Waals surface area contributed by atoms with Crippen LogP contribution in [0.1, 0.15) is 16.9 Å². The van der Waals surface area contributed by atoms with Crippen LogP contribution in [-0.2, 0) is 10.0 Å². The second kappa shape index (κ2) is 7.24. The Labute approximate surface area is 157 Å². The standard InChI is InChI=1S/C18H21N3O5S/c22-18(15-3-1-6-19-15)20-7-9-21(10-8-20)27(23,24)14-4-5-16-17(13-14)26-12-2-11-25-16/h1,3-6,13,19H,2,7-12H2. The Hall–Kier alpha value is -2.52. The van der Waals surface area contributed by atoms with E-state index < -0.39 is 10.0 Å². The van der Waals surface area contributed by atoms with Crippen LogP contribution in [-0.4, -0.2) is 67.9 Å². The molecule has 1 saturated heterocycles. The monoisotopic (exact) mass is 391 g/mol. The lowest BCUT2D eigenvalue weighted by molar-refractivity contribution is 0.0692. The van der Waals surface area contributed by atoms with E-state index in [4.69, 9.17) is 9.47 Å². The third-order valence-electron chi connectivity index (χ3n) is 4.71. The number of carbonyl (C=O) groups excluding carboxylic acids is 1. The first-order valence-electron chi connectivity index (χ1n) is 8.88. The molecule has 2 aliphatic rings. The number of amides is 1. The highest BCUT2D eigenvalue weighted by molar-refractivity contribution is 7.89. The van der Waals surface area contributed by atoms with Gasteiger partial charge in [0, 0.05) is 44.9 Å². The highest BCUT2D eigenvalue weighted by Gasteiger charge is 2.31. The van der Waals surface area contributed by atoms with Crippen molar-refractivity contribution in [1.82, 2.24) is 14.2 Å². The van der Waals surface area contributed by atoms with E-state index in [0.717, 1.165) is 6.42 Å². The van der Waals surface area contributed by atoms with E-state index in [0.29, 0.717) is 43.5 Å². The minimum absolute atomic E-state index is 0.118. The van der Waals surface area contributed by atoms with Gasteiger partial charge in [0.15, 0.2) is 11.5 Å². The number of hydrogen-bond acceptors (Lipinski definition) is 5. The van der Waals surface area contributed by atoms with Crippen molar-refractivity contribution >= 4 is 15.9 Å². The highest BCUT2D eigenvalue weighted by Crippen LogP contribution is 2.33. The second-order valence-corrected chi connectivity index (χ2v) is 8.38. The molecule has 0 atom stereocenters. The lowest BCUT2D eigenvalue weighted by Gasteiger charge is -2.33. The number of H-pyrrole nitrogens is 1. The fourth-order valence-corrected chi connectivity index (χ4v) is 4.66. The van der Waals surface area contributed by atoms with Crippen molar-refractivity contribution in [2.24, 2.45) is 0 Å². The molecule has 0 aliphatic carbocycles. The SMILES string of the molecule is O=C(c1ccc[nH]1)N1CCN(S(=O)(=O)c2ccc3c(c2)OCCCO3)CC1. The summed E-state index contributed by atoms with van der Waals surface area (Å²) in [5, 5.41) is 0. The first-order valence-corrected chi connectivity index (χ1v) is 10.3.